The highest BCUT2D eigenvalue weighted by Crippen LogP contribution is 2.18. The van der Waals surface area contributed by atoms with Gasteiger partial charge in [0.05, 0.1) is 7.11 Å². The standard InChI is InChI=1S/C15H23FN2O3/c1-4-21-9-5-8-17-15(19)18(2)11-12-6-7-14(20-3)13(16)10-12/h6-7,10H,4-5,8-9,11H2,1-3H3,(H,17,19). The van der Waals surface area contributed by atoms with Gasteiger partial charge in [-0.1, -0.05) is 6.07 Å². The van der Waals surface area contributed by atoms with Crippen molar-refractivity contribution >= 4 is 6.03 Å². The molecule has 0 aliphatic heterocycles. The van der Waals surface area contributed by atoms with Crippen molar-refractivity contribution in [2.24, 2.45) is 0 Å². The van der Waals surface area contributed by atoms with Gasteiger partial charge < -0.3 is 19.7 Å². The Labute approximate surface area is 125 Å². The molecule has 0 spiro atoms. The first-order valence-corrected chi connectivity index (χ1v) is 6.97. The maximum Gasteiger partial charge on any atom is 0.317 e. The Morgan fingerprint density at radius 1 is 1.43 bits per heavy atom. The van der Waals surface area contributed by atoms with Crippen LogP contribution in [-0.2, 0) is 11.3 Å². The van der Waals surface area contributed by atoms with Gasteiger partial charge >= 0.3 is 6.03 Å². The van der Waals surface area contributed by atoms with E-state index in [0.717, 1.165) is 6.42 Å². The lowest BCUT2D eigenvalue weighted by Gasteiger charge is -2.18. The Kier molecular flexibility index (Phi) is 7.53. The average Bonchev–Trinajstić information content (AvgIpc) is 2.47. The number of rotatable bonds is 8. The lowest BCUT2D eigenvalue weighted by Crippen LogP contribution is -2.37. The monoisotopic (exact) mass is 298 g/mol. The van der Waals surface area contributed by atoms with Crippen LogP contribution in [0.3, 0.4) is 0 Å². The molecule has 0 aliphatic carbocycles. The molecule has 21 heavy (non-hydrogen) atoms. The van der Waals surface area contributed by atoms with Crippen molar-refractivity contribution in [2.75, 3.05) is 33.9 Å². The summed E-state index contributed by atoms with van der Waals surface area (Å²) in [6.45, 7) is 4.12. The predicted octanol–water partition coefficient (Wildman–Crippen LogP) is 2.40. The Balaban J connectivity index is 2.39. The topological polar surface area (TPSA) is 50.8 Å². The van der Waals surface area contributed by atoms with Crippen LogP contribution < -0.4 is 10.1 Å². The van der Waals surface area contributed by atoms with Crippen LogP contribution in [0.1, 0.15) is 18.9 Å². The van der Waals surface area contributed by atoms with Gasteiger partial charge in [-0.05, 0) is 31.0 Å². The van der Waals surface area contributed by atoms with Crippen molar-refractivity contribution in [3.63, 3.8) is 0 Å². The van der Waals surface area contributed by atoms with Crippen molar-refractivity contribution in [3.05, 3.63) is 29.6 Å². The number of nitrogens with zero attached hydrogens (tertiary/aromatic N) is 1. The van der Waals surface area contributed by atoms with Crippen molar-refractivity contribution in [1.29, 1.82) is 0 Å². The van der Waals surface area contributed by atoms with Crippen molar-refractivity contribution in [3.8, 4) is 5.75 Å². The Morgan fingerprint density at radius 3 is 2.81 bits per heavy atom. The molecule has 0 aliphatic rings. The van der Waals surface area contributed by atoms with Crippen LogP contribution in [0.4, 0.5) is 9.18 Å². The zero-order chi connectivity index (χ0) is 15.7. The van der Waals surface area contributed by atoms with Gasteiger partial charge in [0, 0.05) is 33.4 Å². The molecular formula is C15H23FN2O3. The number of carbonyl (C=O) groups is 1. The van der Waals surface area contributed by atoms with Crippen LogP contribution in [0.25, 0.3) is 0 Å². The van der Waals surface area contributed by atoms with E-state index in [1.54, 1.807) is 19.2 Å². The number of methoxy groups -OCH3 is 1. The molecule has 0 radical (unpaired) electrons. The minimum absolute atomic E-state index is 0.192. The van der Waals surface area contributed by atoms with Gasteiger partial charge in [0.15, 0.2) is 11.6 Å². The summed E-state index contributed by atoms with van der Waals surface area (Å²) < 4.78 is 23.6. The highest BCUT2D eigenvalue weighted by atomic mass is 19.1. The van der Waals surface area contributed by atoms with E-state index in [1.807, 2.05) is 6.92 Å². The molecule has 0 saturated heterocycles. The number of nitrogens with one attached hydrogen (secondary N) is 1. The summed E-state index contributed by atoms with van der Waals surface area (Å²) in [7, 11) is 3.08. The second-order valence-electron chi connectivity index (χ2n) is 4.61. The maximum absolute atomic E-state index is 13.6. The molecule has 0 fully saturated rings. The van der Waals surface area contributed by atoms with E-state index in [0.29, 0.717) is 31.9 Å². The molecule has 0 atom stereocenters. The zero-order valence-electron chi connectivity index (χ0n) is 12.8. The van der Waals surface area contributed by atoms with E-state index in [4.69, 9.17) is 9.47 Å². The first-order chi connectivity index (χ1) is 10.1. The number of hydrogen-bond acceptors (Lipinski definition) is 3. The predicted molar refractivity (Wildman–Crippen MR) is 78.9 cm³/mol. The van der Waals surface area contributed by atoms with Crippen LogP contribution in [0.2, 0.25) is 0 Å². The fraction of sp³-hybridized carbons (Fsp3) is 0.533. The van der Waals surface area contributed by atoms with Gasteiger partial charge in [-0.15, -0.1) is 0 Å². The quantitative estimate of drug-likeness (QED) is 0.750. The first kappa shape index (κ1) is 17.2. The van der Waals surface area contributed by atoms with Crippen LogP contribution in [0, 0.1) is 5.82 Å². The smallest absolute Gasteiger partial charge is 0.317 e. The second kappa shape index (κ2) is 9.18. The number of amides is 2. The summed E-state index contributed by atoms with van der Waals surface area (Å²) in [6.07, 6.45) is 0.768. The highest BCUT2D eigenvalue weighted by Gasteiger charge is 2.10. The van der Waals surface area contributed by atoms with Gasteiger partial charge in [0.1, 0.15) is 0 Å². The molecule has 5 nitrogen and oxygen atoms in total. The number of urea groups is 1. The molecule has 1 N–H and O–H groups in total. The number of carbonyl (C=O) groups excluding carboxylic acids is 1. The van der Waals surface area contributed by atoms with Gasteiger partial charge in [-0.3, -0.25) is 0 Å². The van der Waals surface area contributed by atoms with E-state index in [2.05, 4.69) is 5.32 Å². The average molecular weight is 298 g/mol. The van der Waals surface area contributed by atoms with E-state index in [1.165, 1.54) is 18.1 Å². The van der Waals surface area contributed by atoms with Crippen LogP contribution in [0.5, 0.6) is 5.75 Å². The molecule has 6 heteroatoms. The Morgan fingerprint density at radius 2 is 2.19 bits per heavy atom. The number of benzene rings is 1. The number of ether oxygens (including phenoxy) is 2. The summed E-state index contributed by atoms with van der Waals surface area (Å²) in [6, 6.07) is 4.47. The van der Waals surface area contributed by atoms with Gasteiger partial charge in [0.25, 0.3) is 0 Å². The van der Waals surface area contributed by atoms with Crippen molar-refractivity contribution in [1.82, 2.24) is 10.2 Å². The minimum Gasteiger partial charge on any atom is -0.494 e. The summed E-state index contributed by atoms with van der Waals surface area (Å²) in [4.78, 5) is 13.3. The molecule has 1 aromatic rings. The molecule has 118 valence electrons. The van der Waals surface area contributed by atoms with Crippen LogP contribution >= 0.6 is 0 Å². The largest absolute Gasteiger partial charge is 0.494 e. The first-order valence-electron chi connectivity index (χ1n) is 6.97. The zero-order valence-corrected chi connectivity index (χ0v) is 12.8. The van der Waals surface area contributed by atoms with E-state index in [-0.39, 0.29) is 11.8 Å². The molecule has 0 aromatic heterocycles. The fourth-order valence-corrected chi connectivity index (χ4v) is 1.80. The van der Waals surface area contributed by atoms with Crippen LogP contribution in [0.15, 0.2) is 18.2 Å². The van der Waals surface area contributed by atoms with E-state index in [9.17, 15) is 9.18 Å². The highest BCUT2D eigenvalue weighted by molar-refractivity contribution is 5.73. The molecule has 0 bridgehead atoms. The summed E-state index contributed by atoms with van der Waals surface area (Å²) in [5.41, 5.74) is 0.709. The third-order valence-corrected chi connectivity index (χ3v) is 2.93. The summed E-state index contributed by atoms with van der Waals surface area (Å²) >= 11 is 0. The van der Waals surface area contributed by atoms with E-state index < -0.39 is 5.82 Å². The molecule has 2 amide bonds. The maximum atomic E-state index is 13.6. The van der Waals surface area contributed by atoms with Gasteiger partial charge in [0.2, 0.25) is 0 Å². The van der Waals surface area contributed by atoms with Crippen molar-refractivity contribution < 1.29 is 18.7 Å². The summed E-state index contributed by atoms with van der Waals surface area (Å²) in [5, 5.41) is 2.79. The number of hydrogen-bond donors (Lipinski definition) is 1. The minimum atomic E-state index is -0.430. The van der Waals surface area contributed by atoms with Gasteiger partial charge in [-0.2, -0.15) is 0 Å². The van der Waals surface area contributed by atoms with E-state index >= 15 is 0 Å². The molecule has 0 saturated carbocycles. The molecule has 0 unspecified atom stereocenters. The lowest BCUT2D eigenvalue weighted by atomic mass is 10.2. The third-order valence-electron chi connectivity index (χ3n) is 2.93. The molecule has 1 rings (SSSR count). The number of halogens is 1. The third kappa shape index (κ3) is 5.99. The summed E-state index contributed by atoms with van der Waals surface area (Å²) in [5.74, 6) is -0.234. The molecular weight excluding hydrogens is 275 g/mol. The van der Waals surface area contributed by atoms with Crippen LogP contribution in [-0.4, -0.2) is 44.8 Å². The molecule has 0 heterocycles. The second-order valence-corrected chi connectivity index (χ2v) is 4.61. The fourth-order valence-electron chi connectivity index (χ4n) is 1.80. The normalized spacial score (nSPS) is 10.3. The molecule has 1 aromatic carbocycles. The Hall–Kier alpha value is -1.82. The SMILES string of the molecule is CCOCCCNC(=O)N(C)Cc1ccc(OC)c(F)c1. The van der Waals surface area contributed by atoms with Gasteiger partial charge in [-0.25, -0.2) is 9.18 Å². The lowest BCUT2D eigenvalue weighted by molar-refractivity contribution is 0.144. The Bertz CT molecular complexity index is 455. The van der Waals surface area contributed by atoms with Crippen molar-refractivity contribution in [2.45, 2.75) is 19.9 Å².